The van der Waals surface area contributed by atoms with Crippen LogP contribution in [0.25, 0.3) is 0 Å². The molecule has 0 aliphatic carbocycles. The zero-order valence-electron chi connectivity index (χ0n) is 11.3. The van der Waals surface area contributed by atoms with Gasteiger partial charge in [0.15, 0.2) is 0 Å². The van der Waals surface area contributed by atoms with E-state index >= 15 is 0 Å². The highest BCUT2D eigenvalue weighted by Gasteiger charge is 2.21. The van der Waals surface area contributed by atoms with Gasteiger partial charge in [-0.1, -0.05) is 32.6 Å². The molecule has 0 aliphatic heterocycles. The van der Waals surface area contributed by atoms with E-state index < -0.39 is 5.41 Å². The highest BCUT2D eigenvalue weighted by Crippen LogP contribution is 2.19. The van der Waals surface area contributed by atoms with Gasteiger partial charge < -0.3 is 10.4 Å². The van der Waals surface area contributed by atoms with Crippen LogP contribution in [0.15, 0.2) is 18.2 Å². The Morgan fingerprint density at radius 1 is 1.39 bits per heavy atom. The Kier molecular flexibility index (Phi) is 4.52. The Balaban J connectivity index is 2.89. The molecular weight excluding hydrogens is 226 g/mol. The van der Waals surface area contributed by atoms with Crippen LogP contribution in [0.5, 0.6) is 0 Å². The van der Waals surface area contributed by atoms with Gasteiger partial charge in [-0.3, -0.25) is 4.79 Å². The van der Waals surface area contributed by atoms with Crippen molar-refractivity contribution in [2.45, 2.75) is 27.7 Å². The molecule has 0 fully saturated rings. The molecule has 0 heterocycles. The lowest BCUT2D eigenvalue weighted by atomic mass is 9.95. The van der Waals surface area contributed by atoms with Crippen LogP contribution in [0.2, 0.25) is 0 Å². The highest BCUT2D eigenvalue weighted by molar-refractivity contribution is 5.94. The van der Waals surface area contributed by atoms with E-state index in [0.717, 1.165) is 16.8 Å². The van der Waals surface area contributed by atoms with Gasteiger partial charge in [0.1, 0.15) is 6.61 Å². The molecule has 2 N–H and O–H groups in total. The van der Waals surface area contributed by atoms with E-state index in [-0.39, 0.29) is 12.5 Å². The Morgan fingerprint density at radius 2 is 2.06 bits per heavy atom. The first-order valence-electron chi connectivity index (χ1n) is 5.86. The second kappa shape index (κ2) is 5.70. The van der Waals surface area contributed by atoms with Gasteiger partial charge in [-0.25, -0.2) is 0 Å². The van der Waals surface area contributed by atoms with Gasteiger partial charge in [-0.05, 0) is 30.7 Å². The number of carbonyl (C=O) groups excluding carboxylic acids is 1. The third kappa shape index (κ3) is 3.90. The predicted molar refractivity (Wildman–Crippen MR) is 73.2 cm³/mol. The average Bonchev–Trinajstić information content (AvgIpc) is 2.26. The summed E-state index contributed by atoms with van der Waals surface area (Å²) in [5.41, 5.74) is 2.19. The fourth-order valence-corrected chi connectivity index (χ4v) is 1.34. The monoisotopic (exact) mass is 245 g/mol. The molecule has 0 unspecified atom stereocenters. The van der Waals surface area contributed by atoms with E-state index in [0.29, 0.717) is 0 Å². The van der Waals surface area contributed by atoms with Crippen molar-refractivity contribution in [3.63, 3.8) is 0 Å². The van der Waals surface area contributed by atoms with Crippen molar-refractivity contribution in [1.82, 2.24) is 0 Å². The zero-order chi connectivity index (χ0) is 13.8. The van der Waals surface area contributed by atoms with Crippen molar-refractivity contribution >= 4 is 11.6 Å². The lowest BCUT2D eigenvalue weighted by molar-refractivity contribution is -0.123. The fourth-order valence-electron chi connectivity index (χ4n) is 1.34. The van der Waals surface area contributed by atoms with Crippen molar-refractivity contribution in [2.24, 2.45) is 5.41 Å². The summed E-state index contributed by atoms with van der Waals surface area (Å²) >= 11 is 0. The summed E-state index contributed by atoms with van der Waals surface area (Å²) in [6.45, 7) is 7.39. The number of carbonyl (C=O) groups is 1. The number of rotatable bonds is 1. The Morgan fingerprint density at radius 3 is 2.56 bits per heavy atom. The molecule has 0 spiro atoms. The minimum atomic E-state index is -0.413. The highest BCUT2D eigenvalue weighted by atomic mass is 16.2. The normalized spacial score (nSPS) is 10.5. The topological polar surface area (TPSA) is 49.3 Å². The first-order chi connectivity index (χ1) is 8.34. The molecule has 18 heavy (non-hydrogen) atoms. The van der Waals surface area contributed by atoms with Crippen LogP contribution in [0, 0.1) is 24.2 Å². The van der Waals surface area contributed by atoms with Gasteiger partial charge in [-0.15, -0.1) is 0 Å². The molecule has 0 aromatic heterocycles. The molecule has 96 valence electrons. The third-order valence-electron chi connectivity index (χ3n) is 2.47. The molecular formula is C15H19NO2. The van der Waals surface area contributed by atoms with E-state index in [1.807, 2.05) is 45.9 Å². The second-order valence-corrected chi connectivity index (χ2v) is 5.19. The molecule has 1 rings (SSSR count). The number of nitrogens with one attached hydrogen (secondary N) is 1. The number of hydrogen-bond donors (Lipinski definition) is 2. The molecule has 1 amide bonds. The number of amides is 1. The van der Waals surface area contributed by atoms with E-state index in [1.165, 1.54) is 0 Å². The smallest absolute Gasteiger partial charge is 0.229 e. The first kappa shape index (κ1) is 14.3. The number of benzene rings is 1. The Bertz CT molecular complexity index is 501. The molecule has 1 aromatic rings. The van der Waals surface area contributed by atoms with Crippen LogP contribution in [-0.4, -0.2) is 17.6 Å². The summed E-state index contributed by atoms with van der Waals surface area (Å²) in [5, 5.41) is 11.5. The first-order valence-corrected chi connectivity index (χ1v) is 5.86. The van der Waals surface area contributed by atoms with E-state index in [2.05, 4.69) is 17.2 Å². The molecule has 0 bridgehead atoms. The van der Waals surface area contributed by atoms with Crippen LogP contribution >= 0.6 is 0 Å². The molecule has 0 atom stereocenters. The van der Waals surface area contributed by atoms with Gasteiger partial charge in [0, 0.05) is 16.7 Å². The molecule has 0 aliphatic rings. The maximum Gasteiger partial charge on any atom is 0.229 e. The van der Waals surface area contributed by atoms with Crippen molar-refractivity contribution in [3.8, 4) is 11.8 Å². The van der Waals surface area contributed by atoms with E-state index in [4.69, 9.17) is 5.11 Å². The van der Waals surface area contributed by atoms with Crippen molar-refractivity contribution in [3.05, 3.63) is 29.3 Å². The van der Waals surface area contributed by atoms with E-state index in [1.54, 1.807) is 0 Å². The number of aliphatic hydroxyl groups excluding tert-OH is 1. The summed E-state index contributed by atoms with van der Waals surface area (Å²) in [4.78, 5) is 11.8. The second-order valence-electron chi connectivity index (χ2n) is 5.19. The number of hydrogen-bond acceptors (Lipinski definition) is 2. The molecule has 3 nitrogen and oxygen atoms in total. The Hall–Kier alpha value is -1.79. The third-order valence-corrected chi connectivity index (χ3v) is 2.47. The zero-order valence-corrected chi connectivity index (χ0v) is 11.3. The molecule has 1 aromatic carbocycles. The number of aliphatic hydroxyl groups is 1. The van der Waals surface area contributed by atoms with Crippen LogP contribution < -0.4 is 5.32 Å². The van der Waals surface area contributed by atoms with Crippen molar-refractivity contribution in [1.29, 1.82) is 0 Å². The minimum absolute atomic E-state index is 0.0175. The van der Waals surface area contributed by atoms with Gasteiger partial charge >= 0.3 is 0 Å². The summed E-state index contributed by atoms with van der Waals surface area (Å²) < 4.78 is 0. The predicted octanol–water partition coefficient (Wildman–Crippen LogP) is 2.32. The Labute approximate surface area is 108 Å². The van der Waals surface area contributed by atoms with Crippen LogP contribution in [-0.2, 0) is 4.79 Å². The number of aryl methyl sites for hydroxylation is 1. The van der Waals surface area contributed by atoms with Crippen molar-refractivity contribution < 1.29 is 9.90 Å². The summed E-state index contributed by atoms with van der Waals surface area (Å²) in [6.07, 6.45) is 0. The largest absolute Gasteiger partial charge is 0.384 e. The molecule has 3 heteroatoms. The average molecular weight is 245 g/mol. The van der Waals surface area contributed by atoms with Crippen LogP contribution in [0.4, 0.5) is 5.69 Å². The minimum Gasteiger partial charge on any atom is -0.384 e. The summed E-state index contributed by atoms with van der Waals surface area (Å²) in [7, 11) is 0. The van der Waals surface area contributed by atoms with Crippen molar-refractivity contribution in [2.75, 3.05) is 11.9 Å². The molecule has 0 radical (unpaired) electrons. The lowest BCUT2D eigenvalue weighted by Crippen LogP contribution is -2.27. The molecule has 0 saturated heterocycles. The van der Waals surface area contributed by atoms with Gasteiger partial charge in [0.05, 0.1) is 0 Å². The van der Waals surface area contributed by atoms with Crippen LogP contribution in [0.1, 0.15) is 31.9 Å². The van der Waals surface area contributed by atoms with Crippen LogP contribution in [0.3, 0.4) is 0 Å². The standard InChI is InChI=1S/C15H19NO2/c1-11-10-13(16-14(18)15(2,3)4)8-7-12(11)6-5-9-17/h7-8,10,17H,9H2,1-4H3,(H,16,18). The summed E-state index contributed by atoms with van der Waals surface area (Å²) in [5.74, 6) is 5.45. The van der Waals surface area contributed by atoms with Gasteiger partial charge in [0.25, 0.3) is 0 Å². The maximum atomic E-state index is 11.8. The maximum absolute atomic E-state index is 11.8. The number of anilines is 1. The quantitative estimate of drug-likeness (QED) is 0.746. The van der Waals surface area contributed by atoms with E-state index in [9.17, 15) is 4.79 Å². The van der Waals surface area contributed by atoms with Gasteiger partial charge in [-0.2, -0.15) is 0 Å². The molecule has 0 saturated carbocycles. The van der Waals surface area contributed by atoms with Gasteiger partial charge in [0.2, 0.25) is 5.91 Å². The summed E-state index contributed by atoms with van der Waals surface area (Å²) in [6, 6.07) is 5.54. The SMILES string of the molecule is Cc1cc(NC(=O)C(C)(C)C)ccc1C#CCO. The lowest BCUT2D eigenvalue weighted by Gasteiger charge is -2.18. The fraction of sp³-hybridized carbons (Fsp3) is 0.400.